The predicted molar refractivity (Wildman–Crippen MR) is 56.7 cm³/mol. The molecule has 0 aliphatic carbocycles. The largest absolute Gasteiger partial charge is 0.463 e. The van der Waals surface area contributed by atoms with Crippen molar-refractivity contribution < 1.29 is 9.53 Å². The van der Waals surface area contributed by atoms with Crippen LogP contribution in [0.1, 0.15) is 20.3 Å². The van der Waals surface area contributed by atoms with E-state index in [1.54, 1.807) is 13.0 Å². The van der Waals surface area contributed by atoms with Gasteiger partial charge in [0.1, 0.15) is 0 Å². The van der Waals surface area contributed by atoms with Crippen molar-refractivity contribution >= 4 is 5.97 Å². The van der Waals surface area contributed by atoms with Crippen LogP contribution in [-0.4, -0.2) is 25.7 Å². The fraction of sp³-hybridized carbons (Fsp3) is 0.545. The molecule has 3 heteroatoms. The van der Waals surface area contributed by atoms with Crippen molar-refractivity contribution in [2.75, 3.05) is 19.7 Å². The lowest BCUT2D eigenvalue weighted by molar-refractivity contribution is -0.137. The summed E-state index contributed by atoms with van der Waals surface area (Å²) in [4.78, 5) is 10.8. The smallest absolute Gasteiger partial charge is 0.330 e. The topological polar surface area (TPSA) is 38.3 Å². The highest BCUT2D eigenvalue weighted by Gasteiger charge is 1.91. The van der Waals surface area contributed by atoms with Crippen LogP contribution in [0.3, 0.4) is 0 Å². The highest BCUT2D eigenvalue weighted by atomic mass is 16.5. The fourth-order valence-corrected chi connectivity index (χ4v) is 0.807. The zero-order valence-electron chi connectivity index (χ0n) is 8.80. The van der Waals surface area contributed by atoms with E-state index >= 15 is 0 Å². The van der Waals surface area contributed by atoms with Crippen molar-refractivity contribution in [3.05, 3.63) is 12.2 Å². The van der Waals surface area contributed by atoms with E-state index in [1.165, 1.54) is 6.08 Å². The molecule has 0 aromatic rings. The van der Waals surface area contributed by atoms with E-state index in [-0.39, 0.29) is 5.97 Å². The first-order chi connectivity index (χ1) is 6.81. The third-order valence-electron chi connectivity index (χ3n) is 1.41. The maximum absolute atomic E-state index is 10.8. The van der Waals surface area contributed by atoms with Crippen LogP contribution in [0.2, 0.25) is 0 Å². The Balaban J connectivity index is 3.33. The van der Waals surface area contributed by atoms with Gasteiger partial charge in [-0.15, -0.1) is 11.8 Å². The molecule has 0 aliphatic rings. The normalized spacial score (nSPS) is 9.57. The molecule has 0 saturated heterocycles. The number of hydrogen-bond donors (Lipinski definition) is 1. The molecule has 0 aromatic carbocycles. The van der Waals surface area contributed by atoms with Crippen LogP contribution < -0.4 is 5.32 Å². The van der Waals surface area contributed by atoms with Gasteiger partial charge in [0.25, 0.3) is 0 Å². The van der Waals surface area contributed by atoms with E-state index in [1.807, 2.05) is 6.92 Å². The SMILES string of the molecule is CC#CCCNC/C=C/C(=O)OCC. The Bertz CT molecular complexity index is 235. The molecule has 0 saturated carbocycles. The average molecular weight is 195 g/mol. The molecule has 0 amide bonds. The molecular formula is C11H17NO2. The zero-order valence-corrected chi connectivity index (χ0v) is 8.80. The molecule has 14 heavy (non-hydrogen) atoms. The summed E-state index contributed by atoms with van der Waals surface area (Å²) in [6.45, 7) is 5.54. The molecule has 0 bridgehead atoms. The van der Waals surface area contributed by atoms with Crippen molar-refractivity contribution in [2.45, 2.75) is 20.3 Å². The maximum atomic E-state index is 10.8. The zero-order chi connectivity index (χ0) is 10.6. The first-order valence-corrected chi connectivity index (χ1v) is 4.74. The van der Waals surface area contributed by atoms with Crippen molar-refractivity contribution in [1.82, 2.24) is 5.32 Å². The van der Waals surface area contributed by atoms with Gasteiger partial charge in [0.2, 0.25) is 0 Å². The second-order valence-corrected chi connectivity index (χ2v) is 2.54. The van der Waals surface area contributed by atoms with Crippen molar-refractivity contribution in [2.24, 2.45) is 0 Å². The lowest BCUT2D eigenvalue weighted by atomic mass is 10.4. The number of rotatable bonds is 6. The first kappa shape index (κ1) is 12.7. The Morgan fingerprint density at radius 1 is 1.57 bits per heavy atom. The Morgan fingerprint density at radius 2 is 2.36 bits per heavy atom. The van der Waals surface area contributed by atoms with Crippen molar-refractivity contribution in [3.63, 3.8) is 0 Å². The summed E-state index contributed by atoms with van der Waals surface area (Å²) in [6, 6.07) is 0. The number of carbonyl (C=O) groups excluding carboxylic acids is 1. The minimum atomic E-state index is -0.289. The lowest BCUT2D eigenvalue weighted by Gasteiger charge is -1.96. The summed E-state index contributed by atoms with van der Waals surface area (Å²) in [7, 11) is 0. The number of nitrogens with one attached hydrogen (secondary N) is 1. The summed E-state index contributed by atoms with van der Waals surface area (Å²) in [6.07, 6.45) is 4.02. The van der Waals surface area contributed by atoms with E-state index in [9.17, 15) is 4.79 Å². The van der Waals surface area contributed by atoms with Gasteiger partial charge in [0.15, 0.2) is 0 Å². The van der Waals surface area contributed by atoms with Crippen LogP contribution in [0.15, 0.2) is 12.2 Å². The van der Waals surface area contributed by atoms with Crippen LogP contribution >= 0.6 is 0 Å². The van der Waals surface area contributed by atoms with Crippen LogP contribution in [0.25, 0.3) is 0 Å². The van der Waals surface area contributed by atoms with Gasteiger partial charge in [-0.25, -0.2) is 4.79 Å². The molecule has 0 spiro atoms. The standard InChI is InChI=1S/C11H17NO2/c1-3-5-6-9-12-10-7-8-11(13)14-4-2/h7-8,12H,4,6,9-10H2,1-2H3/b8-7+. The molecule has 0 aromatic heterocycles. The van der Waals surface area contributed by atoms with Gasteiger partial charge < -0.3 is 10.1 Å². The predicted octanol–water partition coefficient (Wildman–Crippen LogP) is 1.11. The van der Waals surface area contributed by atoms with Crippen LogP contribution in [0.5, 0.6) is 0 Å². The third kappa shape index (κ3) is 8.82. The minimum absolute atomic E-state index is 0.289. The Hall–Kier alpha value is -1.27. The van der Waals surface area contributed by atoms with Crippen LogP contribution in [0.4, 0.5) is 0 Å². The van der Waals surface area contributed by atoms with Crippen LogP contribution in [0, 0.1) is 11.8 Å². The van der Waals surface area contributed by atoms with Gasteiger partial charge >= 0.3 is 5.97 Å². The molecule has 0 rings (SSSR count). The molecule has 0 fully saturated rings. The highest BCUT2D eigenvalue weighted by molar-refractivity contribution is 5.81. The molecule has 78 valence electrons. The number of hydrogen-bond acceptors (Lipinski definition) is 3. The first-order valence-electron chi connectivity index (χ1n) is 4.74. The number of carbonyl (C=O) groups is 1. The Labute approximate surface area is 85.5 Å². The van der Waals surface area contributed by atoms with Gasteiger partial charge in [-0.05, 0) is 13.8 Å². The second kappa shape index (κ2) is 9.82. The van der Waals surface area contributed by atoms with Gasteiger partial charge in [0, 0.05) is 25.6 Å². The molecule has 0 atom stereocenters. The molecule has 0 aliphatic heterocycles. The van der Waals surface area contributed by atoms with E-state index in [2.05, 4.69) is 17.2 Å². The molecule has 3 nitrogen and oxygen atoms in total. The molecule has 0 unspecified atom stereocenters. The number of ether oxygens (including phenoxy) is 1. The van der Waals surface area contributed by atoms with E-state index in [0.717, 1.165) is 13.0 Å². The summed E-state index contributed by atoms with van der Waals surface area (Å²) in [5.74, 6) is 5.46. The summed E-state index contributed by atoms with van der Waals surface area (Å²) in [5, 5.41) is 3.12. The van der Waals surface area contributed by atoms with Crippen LogP contribution in [-0.2, 0) is 9.53 Å². The summed E-state index contributed by atoms with van der Waals surface area (Å²) in [5.41, 5.74) is 0. The van der Waals surface area contributed by atoms with E-state index in [4.69, 9.17) is 4.74 Å². The molecule has 0 radical (unpaired) electrons. The minimum Gasteiger partial charge on any atom is -0.463 e. The second-order valence-electron chi connectivity index (χ2n) is 2.54. The monoisotopic (exact) mass is 195 g/mol. The molecule has 1 N–H and O–H groups in total. The molecular weight excluding hydrogens is 178 g/mol. The average Bonchev–Trinajstić information content (AvgIpc) is 2.17. The maximum Gasteiger partial charge on any atom is 0.330 e. The summed E-state index contributed by atoms with van der Waals surface area (Å²) < 4.78 is 4.71. The third-order valence-corrected chi connectivity index (χ3v) is 1.41. The Morgan fingerprint density at radius 3 is 3.00 bits per heavy atom. The van der Waals surface area contributed by atoms with E-state index in [0.29, 0.717) is 13.2 Å². The van der Waals surface area contributed by atoms with Gasteiger partial charge in [-0.2, -0.15) is 0 Å². The van der Waals surface area contributed by atoms with Crippen molar-refractivity contribution in [3.8, 4) is 11.8 Å². The molecule has 0 heterocycles. The van der Waals surface area contributed by atoms with Gasteiger partial charge in [0.05, 0.1) is 6.61 Å². The summed E-state index contributed by atoms with van der Waals surface area (Å²) >= 11 is 0. The quantitative estimate of drug-likeness (QED) is 0.298. The van der Waals surface area contributed by atoms with E-state index < -0.39 is 0 Å². The Kier molecular flexibility index (Phi) is 8.92. The van der Waals surface area contributed by atoms with Gasteiger partial charge in [-0.3, -0.25) is 0 Å². The fourth-order valence-electron chi connectivity index (χ4n) is 0.807. The number of esters is 1. The van der Waals surface area contributed by atoms with Crippen molar-refractivity contribution in [1.29, 1.82) is 0 Å². The van der Waals surface area contributed by atoms with Gasteiger partial charge in [-0.1, -0.05) is 6.08 Å². The lowest BCUT2D eigenvalue weighted by Crippen LogP contribution is -2.14. The highest BCUT2D eigenvalue weighted by Crippen LogP contribution is 1.80.